The number of anilines is 1. The second-order valence-corrected chi connectivity index (χ2v) is 6.53. The molecule has 1 saturated carbocycles. The van der Waals surface area contributed by atoms with Gasteiger partial charge in [0, 0.05) is 6.54 Å². The van der Waals surface area contributed by atoms with Crippen molar-refractivity contribution in [2.24, 2.45) is 11.8 Å². The van der Waals surface area contributed by atoms with E-state index in [0.29, 0.717) is 24.4 Å². The van der Waals surface area contributed by atoms with Crippen molar-refractivity contribution in [2.75, 3.05) is 26.1 Å². The molecule has 2 N–H and O–H groups in total. The Morgan fingerprint density at radius 1 is 0.963 bits per heavy atom. The first kappa shape index (κ1) is 18.8. The Kier molecular flexibility index (Phi) is 5.96. The number of nitrogens with one attached hydrogen (secondary N) is 2. The van der Waals surface area contributed by atoms with Gasteiger partial charge in [0.15, 0.2) is 0 Å². The monoisotopic (exact) mass is 368 g/mol. The van der Waals surface area contributed by atoms with Gasteiger partial charge in [-0.15, -0.1) is 0 Å². The van der Waals surface area contributed by atoms with E-state index in [1.165, 1.54) is 0 Å². The van der Waals surface area contributed by atoms with Crippen LogP contribution in [-0.4, -0.2) is 32.6 Å². The third-order valence-electron chi connectivity index (χ3n) is 4.70. The molecule has 2 aromatic rings. The summed E-state index contributed by atoms with van der Waals surface area (Å²) >= 11 is 0. The molecular formula is C21H24N2O4. The molecule has 0 aliphatic heterocycles. The number of hydrogen-bond donors (Lipinski definition) is 2. The molecule has 2 atom stereocenters. The Hall–Kier alpha value is -3.02. The number of rotatable bonds is 8. The number of hydrogen-bond acceptors (Lipinski definition) is 4. The van der Waals surface area contributed by atoms with Gasteiger partial charge in [-0.25, -0.2) is 0 Å². The van der Waals surface area contributed by atoms with Gasteiger partial charge in [-0.1, -0.05) is 24.3 Å². The molecule has 0 radical (unpaired) electrons. The highest BCUT2D eigenvalue weighted by Crippen LogP contribution is 2.40. The van der Waals surface area contributed by atoms with Crippen LogP contribution in [0, 0.1) is 11.8 Å². The molecular weight excluding hydrogens is 344 g/mol. The van der Waals surface area contributed by atoms with Gasteiger partial charge in [0.25, 0.3) is 0 Å². The van der Waals surface area contributed by atoms with E-state index in [0.717, 1.165) is 17.7 Å². The van der Waals surface area contributed by atoms with Gasteiger partial charge in [0.2, 0.25) is 11.8 Å². The van der Waals surface area contributed by atoms with Gasteiger partial charge in [-0.05, 0) is 42.7 Å². The van der Waals surface area contributed by atoms with Crippen molar-refractivity contribution in [1.82, 2.24) is 5.32 Å². The van der Waals surface area contributed by atoms with Crippen LogP contribution in [-0.2, 0) is 16.0 Å². The second kappa shape index (κ2) is 8.58. The lowest BCUT2D eigenvalue weighted by Gasteiger charge is -2.10. The van der Waals surface area contributed by atoms with E-state index in [-0.39, 0.29) is 23.7 Å². The van der Waals surface area contributed by atoms with Crippen LogP contribution in [0.2, 0.25) is 0 Å². The fraction of sp³-hybridized carbons (Fsp3) is 0.333. The maximum absolute atomic E-state index is 12.4. The standard InChI is InChI=1S/C21H24N2O4/c1-26-15-9-7-14(8-10-15)11-12-22-20(24)16-13-17(16)21(25)23-18-5-3-4-6-19(18)27-2/h3-10,16-17H,11-13H2,1-2H3,(H,22,24)(H,23,25). The molecule has 2 amide bonds. The molecule has 0 spiro atoms. The van der Waals surface area contributed by atoms with Crippen molar-refractivity contribution >= 4 is 17.5 Å². The van der Waals surface area contributed by atoms with Crippen molar-refractivity contribution in [2.45, 2.75) is 12.8 Å². The van der Waals surface area contributed by atoms with Crippen LogP contribution in [0.3, 0.4) is 0 Å². The van der Waals surface area contributed by atoms with Gasteiger partial charge in [-0.3, -0.25) is 9.59 Å². The number of methoxy groups -OCH3 is 2. The zero-order chi connectivity index (χ0) is 19.2. The zero-order valence-corrected chi connectivity index (χ0v) is 15.5. The van der Waals surface area contributed by atoms with Crippen LogP contribution in [0.4, 0.5) is 5.69 Å². The lowest BCUT2D eigenvalue weighted by atomic mass is 10.1. The van der Waals surface area contributed by atoms with Gasteiger partial charge in [-0.2, -0.15) is 0 Å². The van der Waals surface area contributed by atoms with E-state index in [2.05, 4.69) is 10.6 Å². The lowest BCUT2D eigenvalue weighted by Crippen LogP contribution is -2.29. The first-order valence-corrected chi connectivity index (χ1v) is 8.97. The molecule has 1 aliphatic rings. The van der Waals surface area contributed by atoms with Gasteiger partial charge in [0.05, 0.1) is 31.7 Å². The maximum Gasteiger partial charge on any atom is 0.228 e. The lowest BCUT2D eigenvalue weighted by molar-refractivity contribution is -0.125. The molecule has 3 rings (SSSR count). The summed E-state index contributed by atoms with van der Waals surface area (Å²) in [6, 6.07) is 15.0. The second-order valence-electron chi connectivity index (χ2n) is 6.53. The summed E-state index contributed by atoms with van der Waals surface area (Å²) < 4.78 is 10.4. The number of ether oxygens (including phenoxy) is 2. The summed E-state index contributed by atoms with van der Waals surface area (Å²) in [6.07, 6.45) is 1.32. The Morgan fingerprint density at radius 2 is 1.67 bits per heavy atom. The van der Waals surface area contributed by atoms with Crippen LogP contribution < -0.4 is 20.1 Å². The summed E-state index contributed by atoms with van der Waals surface area (Å²) in [7, 11) is 3.19. The number of benzene rings is 2. The predicted octanol–water partition coefficient (Wildman–Crippen LogP) is 2.64. The van der Waals surface area contributed by atoms with Gasteiger partial charge in [0.1, 0.15) is 11.5 Å². The summed E-state index contributed by atoms with van der Waals surface area (Å²) in [5, 5.41) is 5.76. The molecule has 1 aliphatic carbocycles. The van der Waals surface area contributed by atoms with Gasteiger partial charge >= 0.3 is 0 Å². The summed E-state index contributed by atoms with van der Waals surface area (Å²) in [4.78, 5) is 24.6. The highest BCUT2D eigenvalue weighted by atomic mass is 16.5. The van der Waals surface area contributed by atoms with Crippen molar-refractivity contribution in [3.8, 4) is 11.5 Å². The highest BCUT2D eigenvalue weighted by molar-refractivity contribution is 6.00. The quantitative estimate of drug-likeness (QED) is 0.751. The van der Waals surface area contributed by atoms with Crippen LogP contribution in [0.5, 0.6) is 11.5 Å². The average molecular weight is 368 g/mol. The Labute approximate surface area is 158 Å². The van der Waals surface area contributed by atoms with Crippen molar-refractivity contribution in [3.63, 3.8) is 0 Å². The minimum absolute atomic E-state index is 0.0660. The largest absolute Gasteiger partial charge is 0.497 e. The fourth-order valence-electron chi connectivity index (χ4n) is 3.00. The van der Waals surface area contributed by atoms with Crippen LogP contribution in [0.1, 0.15) is 12.0 Å². The minimum atomic E-state index is -0.282. The van der Waals surface area contributed by atoms with Crippen LogP contribution >= 0.6 is 0 Å². The molecule has 6 nitrogen and oxygen atoms in total. The van der Waals surface area contributed by atoms with E-state index in [1.54, 1.807) is 26.4 Å². The van der Waals surface area contributed by atoms with Gasteiger partial charge < -0.3 is 20.1 Å². The normalized spacial score (nSPS) is 17.7. The first-order chi connectivity index (χ1) is 13.1. The third-order valence-corrected chi connectivity index (χ3v) is 4.70. The molecule has 0 aromatic heterocycles. The summed E-state index contributed by atoms with van der Waals surface area (Å²) in [5.74, 6) is 0.668. The number of para-hydroxylation sites is 2. The molecule has 1 fully saturated rings. The molecule has 2 aromatic carbocycles. The minimum Gasteiger partial charge on any atom is -0.497 e. The molecule has 2 unspecified atom stereocenters. The molecule has 27 heavy (non-hydrogen) atoms. The van der Waals surface area contributed by atoms with E-state index in [4.69, 9.17) is 9.47 Å². The number of carbonyl (C=O) groups excluding carboxylic acids is 2. The highest BCUT2D eigenvalue weighted by Gasteiger charge is 2.48. The molecule has 0 heterocycles. The smallest absolute Gasteiger partial charge is 0.228 e. The summed E-state index contributed by atoms with van der Waals surface area (Å²) in [5.41, 5.74) is 1.74. The van der Waals surface area contributed by atoms with E-state index in [1.807, 2.05) is 36.4 Å². The Balaban J connectivity index is 1.43. The molecule has 142 valence electrons. The zero-order valence-electron chi connectivity index (χ0n) is 15.5. The fourth-order valence-corrected chi connectivity index (χ4v) is 3.00. The molecule has 0 bridgehead atoms. The van der Waals surface area contributed by atoms with E-state index >= 15 is 0 Å². The first-order valence-electron chi connectivity index (χ1n) is 8.97. The molecule has 6 heteroatoms. The van der Waals surface area contributed by atoms with E-state index < -0.39 is 0 Å². The number of amides is 2. The van der Waals surface area contributed by atoms with Crippen molar-refractivity contribution in [1.29, 1.82) is 0 Å². The number of carbonyl (C=O) groups is 2. The van der Waals surface area contributed by atoms with Crippen LogP contribution in [0.15, 0.2) is 48.5 Å². The predicted molar refractivity (Wildman–Crippen MR) is 103 cm³/mol. The maximum atomic E-state index is 12.4. The topological polar surface area (TPSA) is 76.7 Å². The van der Waals surface area contributed by atoms with E-state index in [9.17, 15) is 9.59 Å². The molecule has 0 saturated heterocycles. The SMILES string of the molecule is COc1ccc(CCNC(=O)C2CC2C(=O)Nc2ccccc2OC)cc1. The third kappa shape index (κ3) is 4.78. The average Bonchev–Trinajstić information content (AvgIpc) is 3.50. The van der Waals surface area contributed by atoms with Crippen molar-refractivity contribution < 1.29 is 19.1 Å². The Morgan fingerprint density at radius 3 is 2.37 bits per heavy atom. The Bertz CT molecular complexity index is 804. The summed E-state index contributed by atoms with van der Waals surface area (Å²) in [6.45, 7) is 0.544. The van der Waals surface area contributed by atoms with Crippen molar-refractivity contribution in [3.05, 3.63) is 54.1 Å². The van der Waals surface area contributed by atoms with Crippen LogP contribution in [0.25, 0.3) is 0 Å².